The molecule has 3 heteroatoms. The molecule has 15 heavy (non-hydrogen) atoms. The quantitative estimate of drug-likeness (QED) is 0.797. The molecule has 1 aromatic heterocycles. The maximum Gasteiger partial charge on any atom is 0.148 e. The van der Waals surface area contributed by atoms with Gasteiger partial charge in [-0.1, -0.05) is 20.8 Å². The first-order valence-electron chi connectivity index (χ1n) is 5.96. The molecule has 1 fully saturated rings. The minimum atomic E-state index is 0.697. The second kappa shape index (κ2) is 3.87. The van der Waals surface area contributed by atoms with Gasteiger partial charge in [0.25, 0.3) is 0 Å². The fourth-order valence-electron chi connectivity index (χ4n) is 2.54. The highest BCUT2D eigenvalue weighted by Crippen LogP contribution is 2.51. The number of nitrogen functional groups attached to an aromatic ring is 1. The van der Waals surface area contributed by atoms with E-state index in [1.54, 1.807) is 0 Å². The third-order valence-electron chi connectivity index (χ3n) is 3.35. The molecule has 3 nitrogen and oxygen atoms in total. The lowest BCUT2D eigenvalue weighted by Crippen LogP contribution is -1.95. The molecule has 0 saturated heterocycles. The smallest absolute Gasteiger partial charge is 0.148 e. The first-order valence-corrected chi connectivity index (χ1v) is 5.96. The lowest BCUT2D eigenvalue weighted by molar-refractivity contribution is 0.530. The molecule has 0 aromatic carbocycles. The van der Waals surface area contributed by atoms with Crippen LogP contribution in [0.2, 0.25) is 0 Å². The van der Waals surface area contributed by atoms with Crippen LogP contribution in [0.1, 0.15) is 50.8 Å². The minimum Gasteiger partial charge on any atom is -0.382 e. The van der Waals surface area contributed by atoms with Crippen LogP contribution >= 0.6 is 0 Å². The SMILES string of the molecule is CCc1c(N)n[nH]c1C1CC1CC(C)C. The Morgan fingerprint density at radius 1 is 1.53 bits per heavy atom. The molecule has 1 aliphatic rings. The fraction of sp³-hybridized carbons (Fsp3) is 0.750. The van der Waals surface area contributed by atoms with Gasteiger partial charge in [-0.25, -0.2) is 0 Å². The third-order valence-corrected chi connectivity index (χ3v) is 3.35. The van der Waals surface area contributed by atoms with Crippen LogP contribution in [-0.2, 0) is 6.42 Å². The van der Waals surface area contributed by atoms with Crippen molar-refractivity contribution in [1.82, 2.24) is 10.2 Å². The van der Waals surface area contributed by atoms with Crippen molar-refractivity contribution in [3.63, 3.8) is 0 Å². The lowest BCUT2D eigenvalue weighted by Gasteiger charge is -2.03. The topological polar surface area (TPSA) is 54.7 Å². The molecule has 3 N–H and O–H groups in total. The number of anilines is 1. The van der Waals surface area contributed by atoms with E-state index in [1.165, 1.54) is 24.1 Å². The van der Waals surface area contributed by atoms with Gasteiger partial charge in [-0.05, 0) is 31.1 Å². The van der Waals surface area contributed by atoms with Crippen molar-refractivity contribution in [2.24, 2.45) is 11.8 Å². The summed E-state index contributed by atoms with van der Waals surface area (Å²) >= 11 is 0. The average Bonchev–Trinajstić information content (AvgIpc) is 2.79. The number of hydrogen-bond acceptors (Lipinski definition) is 2. The van der Waals surface area contributed by atoms with Crippen LogP contribution in [0.25, 0.3) is 0 Å². The number of nitrogens with one attached hydrogen (secondary N) is 1. The van der Waals surface area contributed by atoms with Crippen LogP contribution in [0.4, 0.5) is 5.82 Å². The van der Waals surface area contributed by atoms with Gasteiger partial charge in [0, 0.05) is 17.2 Å². The summed E-state index contributed by atoms with van der Waals surface area (Å²) in [6.45, 7) is 6.72. The van der Waals surface area contributed by atoms with Crippen LogP contribution in [0.3, 0.4) is 0 Å². The van der Waals surface area contributed by atoms with Gasteiger partial charge in [0.15, 0.2) is 0 Å². The van der Waals surface area contributed by atoms with Gasteiger partial charge in [-0.3, -0.25) is 5.10 Å². The molecule has 2 atom stereocenters. The number of hydrogen-bond donors (Lipinski definition) is 2. The molecule has 0 spiro atoms. The first-order chi connectivity index (χ1) is 7.13. The van der Waals surface area contributed by atoms with E-state index in [1.807, 2.05) is 0 Å². The summed E-state index contributed by atoms with van der Waals surface area (Å²) in [7, 11) is 0. The van der Waals surface area contributed by atoms with Gasteiger partial charge in [-0.15, -0.1) is 0 Å². The number of rotatable bonds is 4. The molecule has 0 amide bonds. The zero-order valence-corrected chi connectivity index (χ0v) is 9.88. The summed E-state index contributed by atoms with van der Waals surface area (Å²) < 4.78 is 0. The number of nitrogens with two attached hydrogens (primary N) is 1. The van der Waals surface area contributed by atoms with Crippen molar-refractivity contribution >= 4 is 5.82 Å². The van der Waals surface area contributed by atoms with Crippen LogP contribution in [0.15, 0.2) is 0 Å². The van der Waals surface area contributed by atoms with Crippen molar-refractivity contribution in [3.05, 3.63) is 11.3 Å². The molecule has 0 aliphatic heterocycles. The van der Waals surface area contributed by atoms with E-state index in [2.05, 4.69) is 31.0 Å². The second-order valence-electron chi connectivity index (χ2n) is 5.09. The fourth-order valence-corrected chi connectivity index (χ4v) is 2.54. The van der Waals surface area contributed by atoms with Crippen molar-refractivity contribution in [2.45, 2.75) is 46.0 Å². The summed E-state index contributed by atoms with van der Waals surface area (Å²) in [5.41, 5.74) is 8.37. The van der Waals surface area contributed by atoms with Gasteiger partial charge in [0.05, 0.1) is 0 Å². The highest BCUT2D eigenvalue weighted by Gasteiger charge is 2.40. The predicted octanol–water partition coefficient (Wildman–Crippen LogP) is 2.70. The maximum atomic E-state index is 5.82. The van der Waals surface area contributed by atoms with Crippen molar-refractivity contribution in [3.8, 4) is 0 Å². The summed E-state index contributed by atoms with van der Waals surface area (Å²) in [5.74, 6) is 3.05. The Labute approximate surface area is 91.4 Å². The number of nitrogens with zero attached hydrogens (tertiary/aromatic N) is 1. The normalized spacial score (nSPS) is 24.8. The largest absolute Gasteiger partial charge is 0.382 e. The molecule has 1 saturated carbocycles. The lowest BCUT2D eigenvalue weighted by atomic mass is 10.0. The van der Waals surface area contributed by atoms with E-state index in [0.29, 0.717) is 11.7 Å². The van der Waals surface area contributed by atoms with Gasteiger partial charge in [-0.2, -0.15) is 5.10 Å². The summed E-state index contributed by atoms with van der Waals surface area (Å²) in [4.78, 5) is 0. The zero-order valence-electron chi connectivity index (χ0n) is 9.88. The Hall–Kier alpha value is -0.990. The second-order valence-corrected chi connectivity index (χ2v) is 5.09. The molecule has 2 rings (SSSR count). The van der Waals surface area contributed by atoms with Crippen molar-refractivity contribution < 1.29 is 0 Å². The van der Waals surface area contributed by atoms with Gasteiger partial charge in [0.2, 0.25) is 0 Å². The average molecular weight is 207 g/mol. The molecule has 1 heterocycles. The predicted molar refractivity (Wildman–Crippen MR) is 62.7 cm³/mol. The number of aromatic nitrogens is 2. The summed E-state index contributed by atoms with van der Waals surface area (Å²) in [5, 5.41) is 7.23. The summed E-state index contributed by atoms with van der Waals surface area (Å²) in [6.07, 6.45) is 3.63. The van der Waals surface area contributed by atoms with E-state index < -0.39 is 0 Å². The third kappa shape index (κ3) is 2.01. The van der Waals surface area contributed by atoms with Crippen LogP contribution in [0.5, 0.6) is 0 Å². The minimum absolute atomic E-state index is 0.697. The van der Waals surface area contributed by atoms with Gasteiger partial charge < -0.3 is 5.73 Å². The Bertz CT molecular complexity index is 341. The van der Waals surface area contributed by atoms with Gasteiger partial charge >= 0.3 is 0 Å². The van der Waals surface area contributed by atoms with Crippen LogP contribution < -0.4 is 5.73 Å². The molecule has 1 aromatic rings. The highest BCUT2D eigenvalue weighted by molar-refractivity contribution is 5.44. The Morgan fingerprint density at radius 2 is 2.27 bits per heavy atom. The molecular formula is C12H21N3. The molecule has 1 aliphatic carbocycles. The Morgan fingerprint density at radius 3 is 2.87 bits per heavy atom. The standard InChI is InChI=1S/C12H21N3/c1-4-9-11(14-15-12(9)13)10-6-8(10)5-7(2)3/h7-8,10H,4-6H2,1-3H3,(H3,13,14,15). The molecular weight excluding hydrogens is 186 g/mol. The van der Waals surface area contributed by atoms with Crippen LogP contribution in [0, 0.1) is 11.8 Å². The first kappa shape index (κ1) is 10.5. The zero-order chi connectivity index (χ0) is 11.0. The van der Waals surface area contributed by atoms with Crippen molar-refractivity contribution in [1.29, 1.82) is 0 Å². The van der Waals surface area contributed by atoms with E-state index in [9.17, 15) is 0 Å². The summed E-state index contributed by atoms with van der Waals surface area (Å²) in [6, 6.07) is 0. The Kier molecular flexibility index (Phi) is 2.72. The van der Waals surface area contributed by atoms with E-state index in [4.69, 9.17) is 5.73 Å². The molecule has 2 unspecified atom stereocenters. The number of H-pyrrole nitrogens is 1. The molecule has 84 valence electrons. The monoisotopic (exact) mass is 207 g/mol. The maximum absolute atomic E-state index is 5.82. The highest BCUT2D eigenvalue weighted by atomic mass is 15.2. The molecule has 0 bridgehead atoms. The Balaban J connectivity index is 2.06. The van der Waals surface area contributed by atoms with E-state index in [0.717, 1.165) is 18.3 Å². The van der Waals surface area contributed by atoms with E-state index in [-0.39, 0.29) is 0 Å². The molecule has 0 radical (unpaired) electrons. The van der Waals surface area contributed by atoms with Crippen LogP contribution in [-0.4, -0.2) is 10.2 Å². The van der Waals surface area contributed by atoms with E-state index >= 15 is 0 Å². The number of aromatic amines is 1. The van der Waals surface area contributed by atoms with Crippen molar-refractivity contribution in [2.75, 3.05) is 5.73 Å². The van der Waals surface area contributed by atoms with Gasteiger partial charge in [0.1, 0.15) is 5.82 Å².